The molecule has 6 nitrogen and oxygen atoms in total. The number of halogens is 3. The Morgan fingerprint density at radius 3 is 2.42 bits per heavy atom. The Bertz CT molecular complexity index is 735. The molecule has 126 valence electrons. The highest BCUT2D eigenvalue weighted by atomic mass is 19.4. The average molecular weight is 339 g/mol. The van der Waals surface area contributed by atoms with E-state index in [2.05, 4.69) is 4.98 Å². The Morgan fingerprint density at radius 2 is 1.83 bits per heavy atom. The summed E-state index contributed by atoms with van der Waals surface area (Å²) in [7, 11) is 0. The van der Waals surface area contributed by atoms with Crippen molar-refractivity contribution in [2.45, 2.75) is 12.7 Å². The maximum absolute atomic E-state index is 12.8. The minimum absolute atomic E-state index is 0.0102. The zero-order chi connectivity index (χ0) is 17.7. The smallest absolute Gasteiger partial charge is 0.324 e. The molecule has 2 aromatic rings. The molecule has 0 radical (unpaired) electrons. The van der Waals surface area contributed by atoms with E-state index in [4.69, 9.17) is 0 Å². The van der Waals surface area contributed by atoms with E-state index in [1.54, 1.807) is 0 Å². The number of nitro groups is 1. The zero-order valence-electron chi connectivity index (χ0n) is 12.2. The Kier molecular flexibility index (Phi) is 5.12. The number of nitro benzene ring substituents is 1. The van der Waals surface area contributed by atoms with Crippen molar-refractivity contribution in [3.8, 4) is 0 Å². The third-order valence-corrected chi connectivity index (χ3v) is 3.09. The van der Waals surface area contributed by atoms with E-state index in [-0.39, 0.29) is 16.9 Å². The predicted molar refractivity (Wildman–Crippen MR) is 78.1 cm³/mol. The van der Waals surface area contributed by atoms with E-state index >= 15 is 0 Å². The van der Waals surface area contributed by atoms with Crippen molar-refractivity contribution in [2.75, 3.05) is 6.54 Å². The van der Waals surface area contributed by atoms with Gasteiger partial charge in [-0.2, -0.15) is 13.2 Å². The van der Waals surface area contributed by atoms with E-state index in [0.29, 0.717) is 4.90 Å². The van der Waals surface area contributed by atoms with Crippen LogP contribution < -0.4 is 0 Å². The normalized spacial score (nSPS) is 11.1. The van der Waals surface area contributed by atoms with Crippen LogP contribution in [0, 0.1) is 10.1 Å². The first-order valence-electron chi connectivity index (χ1n) is 6.77. The number of amides is 1. The number of rotatable bonds is 5. The van der Waals surface area contributed by atoms with Gasteiger partial charge >= 0.3 is 6.18 Å². The molecule has 24 heavy (non-hydrogen) atoms. The third-order valence-electron chi connectivity index (χ3n) is 3.09. The van der Waals surface area contributed by atoms with Gasteiger partial charge in [0.1, 0.15) is 12.2 Å². The van der Waals surface area contributed by atoms with Crippen LogP contribution in [0.3, 0.4) is 0 Å². The van der Waals surface area contributed by atoms with Gasteiger partial charge in [-0.1, -0.05) is 24.3 Å². The summed E-state index contributed by atoms with van der Waals surface area (Å²) in [5.41, 5.74) is -0.505. The van der Waals surface area contributed by atoms with Gasteiger partial charge in [-0.3, -0.25) is 19.9 Å². The molecule has 1 heterocycles. The minimum atomic E-state index is -4.64. The number of nitrogens with zero attached hydrogens (tertiary/aromatic N) is 3. The summed E-state index contributed by atoms with van der Waals surface area (Å²) in [6, 6.07) is 9.62. The minimum Gasteiger partial charge on any atom is -0.324 e. The van der Waals surface area contributed by atoms with Crippen LogP contribution in [0.4, 0.5) is 18.9 Å². The maximum atomic E-state index is 12.8. The molecular weight excluding hydrogens is 327 g/mol. The van der Waals surface area contributed by atoms with Gasteiger partial charge in [-0.25, -0.2) is 0 Å². The molecule has 9 heteroatoms. The lowest BCUT2D eigenvalue weighted by atomic mass is 10.1. The van der Waals surface area contributed by atoms with Gasteiger partial charge in [-0.05, 0) is 12.1 Å². The Balaban J connectivity index is 2.34. The molecule has 0 saturated heterocycles. The Morgan fingerprint density at radius 1 is 1.17 bits per heavy atom. The lowest BCUT2D eigenvalue weighted by molar-refractivity contribution is -0.385. The highest BCUT2D eigenvalue weighted by Gasteiger charge is 2.34. The van der Waals surface area contributed by atoms with Gasteiger partial charge < -0.3 is 4.90 Å². The van der Waals surface area contributed by atoms with Gasteiger partial charge in [0.05, 0.1) is 11.5 Å². The fourth-order valence-corrected chi connectivity index (χ4v) is 2.10. The van der Waals surface area contributed by atoms with Crippen molar-refractivity contribution in [3.05, 3.63) is 70.0 Å². The summed E-state index contributed by atoms with van der Waals surface area (Å²) in [5, 5.41) is 11.0. The number of para-hydroxylation sites is 1. The summed E-state index contributed by atoms with van der Waals surface area (Å²) in [6.45, 7) is -2.08. The number of hydrogen-bond acceptors (Lipinski definition) is 4. The van der Waals surface area contributed by atoms with Crippen LogP contribution in [-0.4, -0.2) is 33.4 Å². The number of aromatic nitrogens is 1. The van der Waals surface area contributed by atoms with Crippen molar-refractivity contribution < 1.29 is 22.9 Å². The molecule has 0 unspecified atom stereocenters. The largest absolute Gasteiger partial charge is 0.406 e. The second kappa shape index (κ2) is 7.07. The summed E-state index contributed by atoms with van der Waals surface area (Å²) >= 11 is 0. The fourth-order valence-electron chi connectivity index (χ4n) is 2.10. The van der Waals surface area contributed by atoms with Gasteiger partial charge in [0, 0.05) is 17.8 Å². The highest BCUT2D eigenvalue weighted by molar-refractivity contribution is 5.92. The summed E-state index contributed by atoms with van der Waals surface area (Å²) in [4.78, 5) is 26.8. The predicted octanol–water partition coefficient (Wildman–Crippen LogP) is 3.19. The molecule has 0 spiro atoms. The Hall–Kier alpha value is -2.97. The second-order valence-electron chi connectivity index (χ2n) is 4.88. The van der Waals surface area contributed by atoms with Crippen LogP contribution in [0.2, 0.25) is 0 Å². The molecule has 1 aromatic carbocycles. The van der Waals surface area contributed by atoms with Crippen LogP contribution in [0.15, 0.2) is 48.7 Å². The van der Waals surface area contributed by atoms with E-state index in [1.165, 1.54) is 48.7 Å². The SMILES string of the molecule is O=C(c1ccccn1)N(Cc1ccccc1[N+](=O)[O-])CC(F)(F)F. The van der Waals surface area contributed by atoms with Crippen LogP contribution in [0.5, 0.6) is 0 Å². The first kappa shape index (κ1) is 17.4. The van der Waals surface area contributed by atoms with Crippen LogP contribution in [0.1, 0.15) is 16.1 Å². The lowest BCUT2D eigenvalue weighted by Gasteiger charge is -2.23. The number of carbonyl (C=O) groups is 1. The number of hydrogen-bond donors (Lipinski definition) is 0. The van der Waals surface area contributed by atoms with E-state index in [9.17, 15) is 28.1 Å². The maximum Gasteiger partial charge on any atom is 0.406 e. The van der Waals surface area contributed by atoms with Crippen molar-refractivity contribution in [3.63, 3.8) is 0 Å². The first-order chi connectivity index (χ1) is 11.3. The quantitative estimate of drug-likeness (QED) is 0.619. The first-order valence-corrected chi connectivity index (χ1v) is 6.77. The van der Waals surface area contributed by atoms with Crippen molar-refractivity contribution in [1.82, 2.24) is 9.88 Å². The molecule has 0 bridgehead atoms. The average Bonchev–Trinajstić information content (AvgIpc) is 2.53. The summed E-state index contributed by atoms with van der Waals surface area (Å²) < 4.78 is 38.4. The highest BCUT2D eigenvalue weighted by Crippen LogP contribution is 2.23. The number of pyridine rings is 1. The number of alkyl halides is 3. The van der Waals surface area contributed by atoms with Crippen LogP contribution >= 0.6 is 0 Å². The number of benzene rings is 1. The molecule has 0 aliphatic carbocycles. The molecule has 0 fully saturated rings. The van der Waals surface area contributed by atoms with Gasteiger partial charge in [0.25, 0.3) is 11.6 Å². The standard InChI is InChI=1S/C15H12F3N3O3/c16-15(17,18)10-20(14(22)12-6-3-4-8-19-12)9-11-5-1-2-7-13(11)21(23)24/h1-8H,9-10H2. The molecular formula is C15H12F3N3O3. The molecule has 0 atom stereocenters. The third kappa shape index (κ3) is 4.51. The molecule has 1 amide bonds. The van der Waals surface area contributed by atoms with Crippen molar-refractivity contribution in [2.24, 2.45) is 0 Å². The van der Waals surface area contributed by atoms with Crippen molar-refractivity contribution >= 4 is 11.6 Å². The lowest BCUT2D eigenvalue weighted by Crippen LogP contribution is -2.39. The molecule has 0 saturated carbocycles. The zero-order valence-corrected chi connectivity index (χ0v) is 12.2. The second-order valence-corrected chi connectivity index (χ2v) is 4.88. The van der Waals surface area contributed by atoms with E-state index in [1.807, 2.05) is 0 Å². The van der Waals surface area contributed by atoms with Gasteiger partial charge in [0.2, 0.25) is 0 Å². The van der Waals surface area contributed by atoms with E-state index < -0.39 is 30.1 Å². The number of carbonyl (C=O) groups excluding carboxylic acids is 1. The molecule has 0 N–H and O–H groups in total. The molecule has 2 rings (SSSR count). The van der Waals surface area contributed by atoms with Gasteiger partial charge in [0.15, 0.2) is 0 Å². The van der Waals surface area contributed by atoms with Crippen molar-refractivity contribution in [1.29, 1.82) is 0 Å². The van der Waals surface area contributed by atoms with Gasteiger partial charge in [-0.15, -0.1) is 0 Å². The molecule has 1 aromatic heterocycles. The van der Waals surface area contributed by atoms with Crippen LogP contribution in [-0.2, 0) is 6.54 Å². The Labute approximate surface area is 134 Å². The monoisotopic (exact) mass is 339 g/mol. The summed E-state index contributed by atoms with van der Waals surface area (Å²) in [5.74, 6) is -0.953. The van der Waals surface area contributed by atoms with E-state index in [0.717, 1.165) is 0 Å². The summed E-state index contributed by atoms with van der Waals surface area (Å²) in [6.07, 6.45) is -3.36. The molecule has 0 aliphatic rings. The molecule has 0 aliphatic heterocycles. The van der Waals surface area contributed by atoms with Crippen LogP contribution in [0.25, 0.3) is 0 Å². The fraction of sp³-hybridized carbons (Fsp3) is 0.200. The topological polar surface area (TPSA) is 76.3 Å².